The number of imidazole rings is 1. The number of aromatic nitrogens is 2. The van der Waals surface area contributed by atoms with Gasteiger partial charge in [-0.15, -0.1) is 0 Å². The number of amides is 3. The van der Waals surface area contributed by atoms with Gasteiger partial charge in [-0.3, -0.25) is 10.1 Å². The zero-order valence-corrected chi connectivity index (χ0v) is 13.5. The summed E-state index contributed by atoms with van der Waals surface area (Å²) in [6.45, 7) is 1.77. The quantitative estimate of drug-likeness (QED) is 0.826. The highest BCUT2D eigenvalue weighted by Crippen LogP contribution is 2.38. The topological polar surface area (TPSA) is 76.0 Å². The number of nitrogens with one attached hydrogen (secondary N) is 2. The van der Waals surface area contributed by atoms with Crippen LogP contribution in [0.4, 0.5) is 10.5 Å². The summed E-state index contributed by atoms with van der Waals surface area (Å²) < 4.78 is 2.10. The summed E-state index contributed by atoms with van der Waals surface area (Å²) in [5.74, 6) is -0.339. The van der Waals surface area contributed by atoms with Crippen molar-refractivity contribution < 1.29 is 9.59 Å². The van der Waals surface area contributed by atoms with Crippen molar-refractivity contribution in [1.29, 1.82) is 0 Å². The molecule has 0 radical (unpaired) electrons. The third kappa shape index (κ3) is 4.13. The van der Waals surface area contributed by atoms with Gasteiger partial charge in [-0.2, -0.15) is 0 Å². The normalized spacial score (nSPS) is 15.0. The van der Waals surface area contributed by atoms with Crippen LogP contribution < -0.4 is 10.6 Å². The molecule has 1 saturated carbocycles. The highest BCUT2D eigenvalue weighted by atomic mass is 32.2. The third-order valence-electron chi connectivity index (χ3n) is 3.49. The maximum atomic E-state index is 12.1. The second-order valence-corrected chi connectivity index (χ2v) is 6.73. The number of urea groups is 1. The van der Waals surface area contributed by atoms with Crippen molar-refractivity contribution >= 4 is 29.4 Å². The maximum Gasteiger partial charge on any atom is 0.325 e. The number of carbonyl (C=O) groups excluding carboxylic acids is 2. The molecule has 1 atom stereocenters. The van der Waals surface area contributed by atoms with Crippen LogP contribution in [0.15, 0.2) is 47.9 Å². The molecule has 23 heavy (non-hydrogen) atoms. The van der Waals surface area contributed by atoms with Gasteiger partial charge in [0, 0.05) is 24.1 Å². The van der Waals surface area contributed by atoms with Crippen LogP contribution in [0, 0.1) is 0 Å². The summed E-state index contributed by atoms with van der Waals surface area (Å²) in [4.78, 5) is 28.3. The van der Waals surface area contributed by atoms with Crippen molar-refractivity contribution in [3.63, 3.8) is 0 Å². The van der Waals surface area contributed by atoms with Crippen LogP contribution in [0.1, 0.15) is 25.8 Å². The number of para-hydroxylation sites is 1. The fourth-order valence-electron chi connectivity index (χ4n) is 2.13. The molecule has 1 aromatic carbocycles. The molecule has 2 N–H and O–H groups in total. The summed E-state index contributed by atoms with van der Waals surface area (Å²) in [7, 11) is 0. The van der Waals surface area contributed by atoms with E-state index in [4.69, 9.17) is 0 Å². The zero-order valence-electron chi connectivity index (χ0n) is 12.7. The molecule has 3 amide bonds. The molecule has 7 heteroatoms. The summed E-state index contributed by atoms with van der Waals surface area (Å²) in [6.07, 6.45) is 5.99. The Morgan fingerprint density at radius 2 is 2.04 bits per heavy atom. The molecular weight excluding hydrogens is 312 g/mol. The van der Waals surface area contributed by atoms with Gasteiger partial charge in [0.1, 0.15) is 0 Å². The summed E-state index contributed by atoms with van der Waals surface area (Å²) >= 11 is 1.36. The Kier molecular flexibility index (Phi) is 4.66. The van der Waals surface area contributed by atoms with E-state index < -0.39 is 11.3 Å². The molecule has 1 aliphatic carbocycles. The molecule has 120 valence electrons. The van der Waals surface area contributed by atoms with Crippen molar-refractivity contribution in [3.8, 4) is 0 Å². The number of imide groups is 1. The first-order chi connectivity index (χ1) is 11.1. The smallest absolute Gasteiger partial charge is 0.323 e. The van der Waals surface area contributed by atoms with Gasteiger partial charge in [-0.25, -0.2) is 9.78 Å². The molecular formula is C16H18N4O2S. The van der Waals surface area contributed by atoms with Gasteiger partial charge in [0.2, 0.25) is 5.91 Å². The summed E-state index contributed by atoms with van der Waals surface area (Å²) in [5.41, 5.74) is 0.641. The number of hydrogen-bond donors (Lipinski definition) is 2. The minimum atomic E-state index is -0.529. The van der Waals surface area contributed by atoms with E-state index in [1.807, 2.05) is 24.4 Å². The van der Waals surface area contributed by atoms with E-state index in [1.165, 1.54) is 11.8 Å². The first kappa shape index (κ1) is 15.6. The van der Waals surface area contributed by atoms with Crippen LogP contribution in [0.25, 0.3) is 0 Å². The number of benzene rings is 1. The molecule has 6 nitrogen and oxygen atoms in total. The van der Waals surface area contributed by atoms with Crippen molar-refractivity contribution in [3.05, 3.63) is 42.7 Å². The molecule has 1 aliphatic rings. The second-order valence-electron chi connectivity index (χ2n) is 5.42. The molecule has 0 saturated heterocycles. The predicted molar refractivity (Wildman–Crippen MR) is 89.4 cm³/mol. The Bertz CT molecular complexity index is 697. The maximum absolute atomic E-state index is 12.1. The van der Waals surface area contributed by atoms with Gasteiger partial charge in [0.05, 0.1) is 5.25 Å². The van der Waals surface area contributed by atoms with E-state index in [1.54, 1.807) is 25.3 Å². The standard InChI is InChI=1S/C16H18N4O2S/c1-11(23-16-17-9-10-20(16)13-7-8-13)14(21)19-15(22)18-12-5-3-2-4-6-12/h2-6,9-11,13H,7-8H2,1H3,(H2,18,19,21,22). The number of nitrogens with zero attached hydrogens (tertiary/aromatic N) is 2. The lowest BCUT2D eigenvalue weighted by atomic mass is 10.3. The van der Waals surface area contributed by atoms with Crippen molar-refractivity contribution in [2.45, 2.75) is 36.2 Å². The van der Waals surface area contributed by atoms with Gasteiger partial charge in [0.25, 0.3) is 0 Å². The monoisotopic (exact) mass is 330 g/mol. The molecule has 0 spiro atoms. The number of hydrogen-bond acceptors (Lipinski definition) is 4. The second kappa shape index (κ2) is 6.87. The van der Waals surface area contributed by atoms with Gasteiger partial charge in [-0.05, 0) is 31.9 Å². The molecule has 0 aliphatic heterocycles. The van der Waals surface area contributed by atoms with Crippen LogP contribution in [-0.4, -0.2) is 26.7 Å². The summed E-state index contributed by atoms with van der Waals surface area (Å²) in [5, 5.41) is 5.40. The fraction of sp³-hybridized carbons (Fsp3) is 0.312. The molecule has 1 unspecified atom stereocenters. The van der Waals surface area contributed by atoms with Gasteiger partial charge >= 0.3 is 6.03 Å². The van der Waals surface area contributed by atoms with Crippen LogP contribution >= 0.6 is 11.8 Å². The zero-order chi connectivity index (χ0) is 16.2. The largest absolute Gasteiger partial charge is 0.325 e. The number of thioether (sulfide) groups is 1. The Hall–Kier alpha value is -2.28. The van der Waals surface area contributed by atoms with E-state index in [0.717, 1.165) is 18.0 Å². The molecule has 1 heterocycles. The minimum Gasteiger partial charge on any atom is -0.323 e. The highest BCUT2D eigenvalue weighted by molar-refractivity contribution is 8.00. The third-order valence-corrected chi connectivity index (χ3v) is 4.59. The first-order valence-electron chi connectivity index (χ1n) is 7.50. The predicted octanol–water partition coefficient (Wildman–Crippen LogP) is 3.05. The van der Waals surface area contributed by atoms with Crippen molar-refractivity contribution in [2.24, 2.45) is 0 Å². The molecule has 0 bridgehead atoms. The highest BCUT2D eigenvalue weighted by Gasteiger charge is 2.27. The van der Waals surface area contributed by atoms with Gasteiger partial charge in [-0.1, -0.05) is 30.0 Å². The van der Waals surface area contributed by atoms with Gasteiger partial charge < -0.3 is 9.88 Å². The Morgan fingerprint density at radius 1 is 1.30 bits per heavy atom. The van der Waals surface area contributed by atoms with E-state index >= 15 is 0 Å². The average Bonchev–Trinajstić information content (AvgIpc) is 3.28. The average molecular weight is 330 g/mol. The lowest BCUT2D eigenvalue weighted by Crippen LogP contribution is -2.38. The van der Waals surface area contributed by atoms with E-state index in [0.29, 0.717) is 11.7 Å². The van der Waals surface area contributed by atoms with Crippen LogP contribution in [-0.2, 0) is 4.79 Å². The number of anilines is 1. The Labute approximate surface area is 138 Å². The molecule has 1 fully saturated rings. The number of carbonyl (C=O) groups is 2. The van der Waals surface area contributed by atoms with Crippen LogP contribution in [0.2, 0.25) is 0 Å². The summed E-state index contributed by atoms with van der Waals surface area (Å²) in [6, 6.07) is 8.98. The number of rotatable bonds is 5. The van der Waals surface area contributed by atoms with Crippen molar-refractivity contribution in [2.75, 3.05) is 5.32 Å². The van der Waals surface area contributed by atoms with E-state index in [9.17, 15) is 9.59 Å². The minimum absolute atomic E-state index is 0.339. The van der Waals surface area contributed by atoms with E-state index in [2.05, 4.69) is 20.2 Å². The van der Waals surface area contributed by atoms with Gasteiger partial charge in [0.15, 0.2) is 5.16 Å². The fourth-order valence-corrected chi connectivity index (χ4v) is 3.07. The van der Waals surface area contributed by atoms with E-state index in [-0.39, 0.29) is 5.91 Å². The van der Waals surface area contributed by atoms with Crippen LogP contribution in [0.5, 0.6) is 0 Å². The molecule has 3 rings (SSSR count). The molecule has 2 aromatic rings. The molecule has 1 aromatic heterocycles. The SMILES string of the molecule is CC(Sc1nccn1C1CC1)C(=O)NC(=O)Nc1ccccc1. The Balaban J connectivity index is 1.53. The lowest BCUT2D eigenvalue weighted by molar-refractivity contribution is -0.119. The first-order valence-corrected chi connectivity index (χ1v) is 8.38. The Morgan fingerprint density at radius 3 is 2.74 bits per heavy atom. The van der Waals surface area contributed by atoms with Crippen LogP contribution in [0.3, 0.4) is 0 Å². The van der Waals surface area contributed by atoms with Crippen molar-refractivity contribution in [1.82, 2.24) is 14.9 Å². The lowest BCUT2D eigenvalue weighted by Gasteiger charge is -2.12.